The molecule has 2 nitrogen and oxygen atoms in total. The van der Waals surface area contributed by atoms with Crippen molar-refractivity contribution in [1.29, 1.82) is 0 Å². The van der Waals surface area contributed by atoms with Crippen molar-refractivity contribution >= 4 is 5.69 Å². The summed E-state index contributed by atoms with van der Waals surface area (Å²) in [5.41, 5.74) is 6.32. The summed E-state index contributed by atoms with van der Waals surface area (Å²) in [6.45, 7) is 1.82. The van der Waals surface area contributed by atoms with Crippen molar-refractivity contribution < 1.29 is 8.78 Å². The smallest absolute Gasteiger partial charge is 0.149 e. The molecule has 2 N–H and O–H groups in total. The van der Waals surface area contributed by atoms with Gasteiger partial charge in [-0.05, 0) is 43.9 Å². The van der Waals surface area contributed by atoms with Crippen LogP contribution in [-0.2, 0) is 6.42 Å². The third-order valence-electron chi connectivity index (χ3n) is 3.08. The molecule has 0 aromatic heterocycles. The fourth-order valence-electron chi connectivity index (χ4n) is 2.09. The van der Waals surface area contributed by atoms with E-state index < -0.39 is 11.6 Å². The number of rotatable bonds is 4. The van der Waals surface area contributed by atoms with Crippen LogP contribution in [-0.4, -0.2) is 19.1 Å². The minimum absolute atomic E-state index is 0.0842. The van der Waals surface area contributed by atoms with Gasteiger partial charge in [0.1, 0.15) is 17.3 Å². The fraction of sp³-hybridized carbons (Fsp3) is 0.538. The zero-order chi connectivity index (χ0) is 12.6. The molecule has 1 atom stereocenters. The lowest BCUT2D eigenvalue weighted by Gasteiger charge is -2.20. The number of nitrogens with zero attached hydrogens (tertiary/aromatic N) is 1. The summed E-state index contributed by atoms with van der Waals surface area (Å²) in [4.78, 5) is 1.69. The minimum Gasteiger partial charge on any atom is -0.367 e. The van der Waals surface area contributed by atoms with Gasteiger partial charge < -0.3 is 10.6 Å². The molecule has 1 aromatic rings. The highest BCUT2D eigenvalue weighted by molar-refractivity contribution is 5.52. The molecular formula is C13H18F2N2. The Morgan fingerprint density at radius 3 is 2.29 bits per heavy atom. The fourth-order valence-corrected chi connectivity index (χ4v) is 2.09. The molecule has 2 rings (SSSR count). The highest BCUT2D eigenvalue weighted by atomic mass is 19.1. The van der Waals surface area contributed by atoms with Crippen LogP contribution in [0, 0.1) is 11.6 Å². The zero-order valence-electron chi connectivity index (χ0n) is 10.2. The zero-order valence-corrected chi connectivity index (χ0v) is 10.2. The van der Waals surface area contributed by atoms with E-state index in [0.29, 0.717) is 18.0 Å². The monoisotopic (exact) mass is 240 g/mol. The van der Waals surface area contributed by atoms with Crippen LogP contribution < -0.4 is 10.6 Å². The average Bonchev–Trinajstić information content (AvgIpc) is 2.97. The van der Waals surface area contributed by atoms with E-state index in [4.69, 9.17) is 5.73 Å². The third-order valence-corrected chi connectivity index (χ3v) is 3.08. The molecule has 1 aliphatic rings. The number of hydrogen-bond donors (Lipinski definition) is 1. The van der Waals surface area contributed by atoms with E-state index in [2.05, 4.69) is 0 Å². The molecule has 17 heavy (non-hydrogen) atoms. The Labute approximate surface area is 100 Å². The van der Waals surface area contributed by atoms with E-state index in [1.807, 2.05) is 6.92 Å². The van der Waals surface area contributed by atoms with Crippen LogP contribution in [0.15, 0.2) is 12.1 Å². The molecule has 0 amide bonds. The number of halogens is 2. The summed E-state index contributed by atoms with van der Waals surface area (Å²) >= 11 is 0. The van der Waals surface area contributed by atoms with Gasteiger partial charge in [-0.15, -0.1) is 0 Å². The van der Waals surface area contributed by atoms with E-state index in [-0.39, 0.29) is 11.7 Å². The Balaban J connectivity index is 2.28. The van der Waals surface area contributed by atoms with E-state index in [1.54, 1.807) is 11.9 Å². The molecule has 0 spiro atoms. The first-order valence-corrected chi connectivity index (χ1v) is 5.95. The second-order valence-electron chi connectivity index (χ2n) is 4.93. The van der Waals surface area contributed by atoms with Crippen molar-refractivity contribution in [3.05, 3.63) is 29.3 Å². The highest BCUT2D eigenvalue weighted by Gasteiger charge is 2.29. The lowest BCUT2D eigenvalue weighted by atomic mass is 10.1. The molecule has 1 aromatic carbocycles. The van der Waals surface area contributed by atoms with Gasteiger partial charge in [-0.1, -0.05) is 0 Å². The Morgan fingerprint density at radius 1 is 1.35 bits per heavy atom. The van der Waals surface area contributed by atoms with E-state index in [0.717, 1.165) is 12.8 Å². The van der Waals surface area contributed by atoms with Gasteiger partial charge in [-0.25, -0.2) is 8.78 Å². The van der Waals surface area contributed by atoms with Gasteiger partial charge in [0, 0.05) is 19.1 Å². The first kappa shape index (κ1) is 12.3. The van der Waals surface area contributed by atoms with Crippen LogP contribution in [0.2, 0.25) is 0 Å². The quantitative estimate of drug-likeness (QED) is 0.876. The van der Waals surface area contributed by atoms with E-state index >= 15 is 0 Å². The molecule has 1 aliphatic carbocycles. The molecule has 0 heterocycles. The van der Waals surface area contributed by atoms with Crippen LogP contribution in [0.4, 0.5) is 14.5 Å². The van der Waals surface area contributed by atoms with E-state index in [9.17, 15) is 8.78 Å². The molecule has 0 radical (unpaired) electrons. The second-order valence-corrected chi connectivity index (χ2v) is 4.93. The first-order chi connectivity index (χ1) is 7.99. The predicted octanol–water partition coefficient (Wildman–Crippen LogP) is 2.45. The van der Waals surface area contributed by atoms with Crippen LogP contribution >= 0.6 is 0 Å². The summed E-state index contributed by atoms with van der Waals surface area (Å²) < 4.78 is 27.8. The topological polar surface area (TPSA) is 29.3 Å². The molecule has 4 heteroatoms. The number of hydrogen-bond acceptors (Lipinski definition) is 2. The standard InChI is InChI=1S/C13H18F2N2/c1-8(16)5-9-6-11(14)13(12(15)7-9)17(2)10-3-4-10/h6-8,10H,3-5,16H2,1-2H3. The normalized spacial score (nSPS) is 17.0. The summed E-state index contributed by atoms with van der Waals surface area (Å²) in [7, 11) is 1.74. The molecule has 1 saturated carbocycles. The lowest BCUT2D eigenvalue weighted by molar-refractivity contribution is 0.570. The average molecular weight is 240 g/mol. The van der Waals surface area contributed by atoms with Gasteiger partial charge in [0.05, 0.1) is 0 Å². The lowest BCUT2D eigenvalue weighted by Crippen LogP contribution is -2.23. The van der Waals surface area contributed by atoms with Gasteiger partial charge >= 0.3 is 0 Å². The second kappa shape index (κ2) is 4.61. The maximum absolute atomic E-state index is 13.9. The first-order valence-electron chi connectivity index (χ1n) is 5.95. The predicted molar refractivity (Wildman–Crippen MR) is 65.1 cm³/mol. The van der Waals surface area contributed by atoms with Crippen LogP contribution in [0.3, 0.4) is 0 Å². The van der Waals surface area contributed by atoms with Gasteiger partial charge in [0.15, 0.2) is 0 Å². The molecule has 1 fully saturated rings. The molecular weight excluding hydrogens is 222 g/mol. The number of benzene rings is 1. The third kappa shape index (κ3) is 2.75. The molecule has 94 valence electrons. The summed E-state index contributed by atoms with van der Waals surface area (Å²) in [6.07, 6.45) is 2.51. The number of nitrogens with two attached hydrogens (primary N) is 1. The van der Waals surface area contributed by atoms with Gasteiger partial charge in [0.25, 0.3) is 0 Å². The summed E-state index contributed by atoms with van der Waals surface area (Å²) in [6, 6.07) is 2.97. The molecule has 0 saturated heterocycles. The van der Waals surface area contributed by atoms with Crippen molar-refractivity contribution in [2.75, 3.05) is 11.9 Å². The number of anilines is 1. The Morgan fingerprint density at radius 2 is 1.88 bits per heavy atom. The maximum Gasteiger partial charge on any atom is 0.149 e. The van der Waals surface area contributed by atoms with Gasteiger partial charge in [-0.2, -0.15) is 0 Å². The largest absolute Gasteiger partial charge is 0.367 e. The molecule has 1 unspecified atom stereocenters. The van der Waals surface area contributed by atoms with Crippen LogP contribution in [0.5, 0.6) is 0 Å². The Kier molecular flexibility index (Phi) is 3.33. The summed E-state index contributed by atoms with van der Waals surface area (Å²) in [5.74, 6) is -0.981. The minimum atomic E-state index is -0.491. The van der Waals surface area contributed by atoms with Crippen molar-refractivity contribution in [1.82, 2.24) is 0 Å². The van der Waals surface area contributed by atoms with Crippen molar-refractivity contribution in [3.63, 3.8) is 0 Å². The van der Waals surface area contributed by atoms with Crippen molar-refractivity contribution in [2.24, 2.45) is 5.73 Å². The SMILES string of the molecule is CC(N)Cc1cc(F)c(N(C)C2CC2)c(F)c1. The molecule has 0 aliphatic heterocycles. The van der Waals surface area contributed by atoms with Crippen molar-refractivity contribution in [2.45, 2.75) is 38.3 Å². The maximum atomic E-state index is 13.9. The van der Waals surface area contributed by atoms with Crippen LogP contribution in [0.25, 0.3) is 0 Å². The Bertz CT molecular complexity index is 391. The highest BCUT2D eigenvalue weighted by Crippen LogP contribution is 2.33. The van der Waals surface area contributed by atoms with E-state index in [1.165, 1.54) is 12.1 Å². The Hall–Kier alpha value is -1.16. The van der Waals surface area contributed by atoms with Gasteiger partial charge in [0.2, 0.25) is 0 Å². The van der Waals surface area contributed by atoms with Crippen LogP contribution in [0.1, 0.15) is 25.3 Å². The summed E-state index contributed by atoms with van der Waals surface area (Å²) in [5, 5.41) is 0. The van der Waals surface area contributed by atoms with Crippen molar-refractivity contribution in [3.8, 4) is 0 Å². The molecule has 0 bridgehead atoms. The van der Waals surface area contributed by atoms with Gasteiger partial charge in [-0.3, -0.25) is 0 Å².